The molecular formula is C20H28N4O3S. The smallest absolute Gasteiger partial charge is 0.243 e. The van der Waals surface area contributed by atoms with Crippen molar-refractivity contribution in [3.8, 4) is 6.07 Å². The van der Waals surface area contributed by atoms with E-state index < -0.39 is 10.0 Å². The Morgan fingerprint density at radius 1 is 1.11 bits per heavy atom. The molecule has 0 aliphatic heterocycles. The maximum Gasteiger partial charge on any atom is 0.243 e. The van der Waals surface area contributed by atoms with Crippen LogP contribution >= 0.6 is 0 Å². The number of sulfonamides is 1. The first-order chi connectivity index (χ1) is 13.4. The minimum atomic E-state index is -3.54. The Kier molecular flexibility index (Phi) is 6.70. The molecule has 1 N–H and O–H groups in total. The van der Waals surface area contributed by atoms with Crippen molar-refractivity contribution in [2.24, 2.45) is 0 Å². The number of amides is 1. The number of hydrogen-bond donors (Lipinski definition) is 1. The molecule has 28 heavy (non-hydrogen) atoms. The number of nitriles is 1. The molecular weight excluding hydrogens is 376 g/mol. The van der Waals surface area contributed by atoms with Crippen LogP contribution in [-0.4, -0.2) is 55.8 Å². The number of rotatable bonds is 8. The van der Waals surface area contributed by atoms with Gasteiger partial charge in [0.15, 0.2) is 0 Å². The van der Waals surface area contributed by atoms with Gasteiger partial charge >= 0.3 is 0 Å². The maximum absolute atomic E-state index is 12.9. The summed E-state index contributed by atoms with van der Waals surface area (Å²) >= 11 is 0. The Labute approximate surface area is 167 Å². The van der Waals surface area contributed by atoms with E-state index in [0.29, 0.717) is 11.7 Å². The van der Waals surface area contributed by atoms with Crippen molar-refractivity contribution in [3.05, 3.63) is 24.3 Å². The normalized spacial score (nSPS) is 18.2. The average Bonchev–Trinajstić information content (AvgIpc) is 3.53. The highest BCUT2D eigenvalue weighted by Gasteiger charge is 2.30. The Morgan fingerprint density at radius 2 is 1.75 bits per heavy atom. The Hall–Kier alpha value is -1.95. The number of carbonyl (C=O) groups is 1. The molecule has 1 aromatic rings. The molecule has 2 aliphatic carbocycles. The van der Waals surface area contributed by atoms with Gasteiger partial charge in [0.05, 0.1) is 24.1 Å². The van der Waals surface area contributed by atoms with E-state index in [2.05, 4.69) is 11.4 Å². The molecule has 2 aliphatic rings. The summed E-state index contributed by atoms with van der Waals surface area (Å²) < 4.78 is 27.2. The number of benzene rings is 1. The summed E-state index contributed by atoms with van der Waals surface area (Å²) in [5, 5.41) is 11.7. The Balaban J connectivity index is 1.60. The summed E-state index contributed by atoms with van der Waals surface area (Å²) in [6.45, 7) is 0.408. The highest BCUT2D eigenvalue weighted by molar-refractivity contribution is 7.89. The number of carbonyl (C=O) groups excluding carboxylic acids is 1. The third-order valence-corrected chi connectivity index (χ3v) is 7.51. The molecule has 0 unspecified atom stereocenters. The van der Waals surface area contributed by atoms with Crippen molar-refractivity contribution < 1.29 is 13.2 Å². The summed E-state index contributed by atoms with van der Waals surface area (Å²) in [6.07, 6.45) is 7.17. The molecule has 8 heteroatoms. The summed E-state index contributed by atoms with van der Waals surface area (Å²) in [6, 6.07) is 8.80. The zero-order chi connectivity index (χ0) is 20.1. The minimum absolute atomic E-state index is 0.0617. The van der Waals surface area contributed by atoms with Gasteiger partial charge in [-0.15, -0.1) is 0 Å². The quantitative estimate of drug-likeness (QED) is 0.672. The molecule has 1 aromatic carbocycles. The predicted octanol–water partition coefficient (Wildman–Crippen LogP) is 2.57. The standard InChI is InChI=1S/C20H28N4O3S/c1-23(17-5-3-2-4-6-17)28(26,27)19-11-7-16(8-12-19)22-20(25)15-24(14-13-21)18-9-10-18/h7-8,11-12,17-18H,2-6,9-10,14-15H2,1H3,(H,22,25). The summed E-state index contributed by atoms with van der Waals surface area (Å²) in [5.41, 5.74) is 0.553. The van der Waals surface area contributed by atoms with Gasteiger partial charge in [-0.3, -0.25) is 9.69 Å². The van der Waals surface area contributed by atoms with Gasteiger partial charge < -0.3 is 5.32 Å². The largest absolute Gasteiger partial charge is 0.325 e. The number of nitrogens with one attached hydrogen (secondary N) is 1. The van der Waals surface area contributed by atoms with Crippen LogP contribution in [0.5, 0.6) is 0 Å². The van der Waals surface area contributed by atoms with E-state index in [1.165, 1.54) is 22.9 Å². The molecule has 0 heterocycles. The van der Waals surface area contributed by atoms with Crippen LogP contribution in [0.25, 0.3) is 0 Å². The highest BCUT2D eigenvalue weighted by atomic mass is 32.2. The number of anilines is 1. The van der Waals surface area contributed by atoms with Gasteiger partial charge in [0, 0.05) is 24.8 Å². The number of hydrogen-bond acceptors (Lipinski definition) is 5. The second kappa shape index (κ2) is 9.03. The second-order valence-electron chi connectivity index (χ2n) is 7.68. The molecule has 0 bridgehead atoms. The van der Waals surface area contributed by atoms with Gasteiger partial charge in [0.1, 0.15) is 0 Å². The van der Waals surface area contributed by atoms with Crippen molar-refractivity contribution in [1.29, 1.82) is 5.26 Å². The van der Waals surface area contributed by atoms with Crippen molar-refractivity contribution in [1.82, 2.24) is 9.21 Å². The molecule has 152 valence electrons. The molecule has 0 saturated heterocycles. The van der Waals surface area contributed by atoms with Crippen LogP contribution in [0, 0.1) is 11.3 Å². The van der Waals surface area contributed by atoms with Crippen LogP contribution in [0.2, 0.25) is 0 Å². The fraction of sp³-hybridized carbons (Fsp3) is 0.600. The molecule has 1 amide bonds. The van der Waals surface area contributed by atoms with Gasteiger partial charge in [-0.05, 0) is 49.9 Å². The van der Waals surface area contributed by atoms with Crippen molar-refractivity contribution in [2.75, 3.05) is 25.5 Å². The van der Waals surface area contributed by atoms with E-state index in [1.807, 2.05) is 4.90 Å². The van der Waals surface area contributed by atoms with Crippen LogP contribution in [0.3, 0.4) is 0 Å². The fourth-order valence-corrected chi connectivity index (χ4v) is 5.16. The zero-order valence-corrected chi connectivity index (χ0v) is 17.1. The highest BCUT2D eigenvalue weighted by Crippen LogP contribution is 2.28. The molecule has 7 nitrogen and oxygen atoms in total. The molecule has 2 saturated carbocycles. The van der Waals surface area contributed by atoms with Crippen molar-refractivity contribution in [2.45, 2.75) is 61.9 Å². The summed E-state index contributed by atoms with van der Waals surface area (Å²) in [7, 11) is -1.88. The summed E-state index contributed by atoms with van der Waals surface area (Å²) in [4.78, 5) is 14.3. The Bertz CT molecular complexity index is 822. The average molecular weight is 405 g/mol. The van der Waals surface area contributed by atoms with Crippen LogP contribution in [0.15, 0.2) is 29.2 Å². The molecule has 2 fully saturated rings. The first-order valence-electron chi connectivity index (χ1n) is 9.91. The van der Waals surface area contributed by atoms with Gasteiger partial charge in [-0.2, -0.15) is 9.57 Å². The monoisotopic (exact) mass is 404 g/mol. The van der Waals surface area contributed by atoms with E-state index in [9.17, 15) is 13.2 Å². The second-order valence-corrected chi connectivity index (χ2v) is 9.68. The lowest BCUT2D eigenvalue weighted by atomic mass is 9.96. The molecule has 0 aromatic heterocycles. The van der Waals surface area contributed by atoms with E-state index in [4.69, 9.17) is 5.26 Å². The predicted molar refractivity (Wildman–Crippen MR) is 107 cm³/mol. The van der Waals surface area contributed by atoms with E-state index in [0.717, 1.165) is 38.5 Å². The number of nitrogens with zero attached hydrogens (tertiary/aromatic N) is 3. The summed E-state index contributed by atoms with van der Waals surface area (Å²) in [5.74, 6) is -0.197. The maximum atomic E-state index is 12.9. The first kappa shape index (κ1) is 20.8. The van der Waals surface area contributed by atoms with Crippen LogP contribution in [-0.2, 0) is 14.8 Å². The van der Waals surface area contributed by atoms with E-state index >= 15 is 0 Å². The van der Waals surface area contributed by atoms with Crippen molar-refractivity contribution >= 4 is 21.6 Å². The fourth-order valence-electron chi connectivity index (χ4n) is 3.75. The van der Waals surface area contributed by atoms with Gasteiger partial charge in [0.2, 0.25) is 15.9 Å². The van der Waals surface area contributed by atoms with Gasteiger partial charge in [-0.1, -0.05) is 19.3 Å². The lowest BCUT2D eigenvalue weighted by Gasteiger charge is -2.30. The van der Waals surface area contributed by atoms with E-state index in [1.54, 1.807) is 19.2 Å². The lowest BCUT2D eigenvalue weighted by Crippen LogP contribution is -2.38. The Morgan fingerprint density at radius 3 is 2.32 bits per heavy atom. The van der Waals surface area contributed by atoms with Crippen LogP contribution in [0.1, 0.15) is 44.9 Å². The van der Waals surface area contributed by atoms with Crippen LogP contribution in [0.4, 0.5) is 5.69 Å². The van der Waals surface area contributed by atoms with Crippen LogP contribution < -0.4 is 5.32 Å². The minimum Gasteiger partial charge on any atom is -0.325 e. The molecule has 0 radical (unpaired) electrons. The molecule has 0 spiro atoms. The third kappa shape index (κ3) is 5.10. The molecule has 0 atom stereocenters. The van der Waals surface area contributed by atoms with E-state index in [-0.39, 0.29) is 29.9 Å². The topological polar surface area (TPSA) is 93.5 Å². The SMILES string of the molecule is CN(C1CCCCC1)S(=O)(=O)c1ccc(NC(=O)CN(CC#N)C2CC2)cc1. The van der Waals surface area contributed by atoms with Gasteiger partial charge in [0.25, 0.3) is 0 Å². The third-order valence-electron chi connectivity index (χ3n) is 5.59. The molecule has 3 rings (SSSR count). The van der Waals surface area contributed by atoms with Crippen molar-refractivity contribution in [3.63, 3.8) is 0 Å². The van der Waals surface area contributed by atoms with Gasteiger partial charge in [-0.25, -0.2) is 8.42 Å². The zero-order valence-electron chi connectivity index (χ0n) is 16.3. The first-order valence-corrected chi connectivity index (χ1v) is 11.3. The lowest BCUT2D eigenvalue weighted by molar-refractivity contribution is -0.117.